The fourth-order valence-corrected chi connectivity index (χ4v) is 3.01. The van der Waals surface area contributed by atoms with E-state index < -0.39 is 0 Å². The molecule has 0 saturated carbocycles. The zero-order chi connectivity index (χ0) is 19.9. The van der Waals surface area contributed by atoms with E-state index in [1.165, 1.54) is 0 Å². The van der Waals surface area contributed by atoms with E-state index in [1.807, 2.05) is 30.5 Å². The van der Waals surface area contributed by atoms with Gasteiger partial charge in [0.25, 0.3) is 11.8 Å². The number of carbonyl (C=O) groups is 2. The summed E-state index contributed by atoms with van der Waals surface area (Å²) in [6.07, 6.45) is 2.00. The van der Waals surface area contributed by atoms with Crippen LogP contribution in [-0.4, -0.2) is 25.2 Å². The maximum atomic E-state index is 12.7. The Hall–Kier alpha value is -3.25. The predicted octanol–water partition coefficient (Wildman–Crippen LogP) is 4.92. The van der Waals surface area contributed by atoms with Crippen LogP contribution in [0.25, 0.3) is 0 Å². The highest BCUT2D eigenvalue weighted by Crippen LogP contribution is 2.21. The van der Waals surface area contributed by atoms with E-state index in [-0.39, 0.29) is 11.8 Å². The Balaban J connectivity index is 1.75. The molecule has 0 bridgehead atoms. The first-order valence-electron chi connectivity index (χ1n) is 8.60. The van der Waals surface area contributed by atoms with E-state index in [0.717, 1.165) is 4.90 Å². The first kappa shape index (κ1) is 19.5. The second kappa shape index (κ2) is 9.10. The third-order valence-electron chi connectivity index (χ3n) is 4.12. The molecular weight excluding hydrogens is 372 g/mol. The Kier molecular flexibility index (Phi) is 6.34. The van der Waals surface area contributed by atoms with Gasteiger partial charge in [0.1, 0.15) is 5.75 Å². The maximum Gasteiger partial charge on any atom is 0.257 e. The molecule has 2 N–H and O–H groups in total. The highest BCUT2D eigenvalue weighted by atomic mass is 32.2. The minimum Gasteiger partial charge on any atom is -0.497 e. The molecule has 0 spiro atoms. The molecule has 0 aliphatic heterocycles. The van der Waals surface area contributed by atoms with Crippen molar-refractivity contribution in [3.8, 4) is 5.75 Å². The van der Waals surface area contributed by atoms with Crippen molar-refractivity contribution in [2.24, 2.45) is 0 Å². The van der Waals surface area contributed by atoms with Gasteiger partial charge in [-0.05, 0) is 66.9 Å². The summed E-state index contributed by atoms with van der Waals surface area (Å²) in [6, 6.07) is 21.3. The van der Waals surface area contributed by atoms with Crippen LogP contribution in [0.5, 0.6) is 5.75 Å². The molecule has 28 heavy (non-hydrogen) atoms. The summed E-state index contributed by atoms with van der Waals surface area (Å²) in [6.45, 7) is 0. The summed E-state index contributed by atoms with van der Waals surface area (Å²) in [5.74, 6) is 0.0820. The number of hydrogen-bond acceptors (Lipinski definition) is 4. The molecule has 6 heteroatoms. The third kappa shape index (κ3) is 4.72. The predicted molar refractivity (Wildman–Crippen MR) is 114 cm³/mol. The van der Waals surface area contributed by atoms with Crippen LogP contribution in [0.4, 0.5) is 11.4 Å². The van der Waals surface area contributed by atoms with Gasteiger partial charge in [-0.3, -0.25) is 9.59 Å². The minimum absolute atomic E-state index is 0.289. The highest BCUT2D eigenvalue weighted by molar-refractivity contribution is 7.98. The minimum atomic E-state index is -0.299. The molecule has 3 rings (SSSR count). The fraction of sp³-hybridized carbons (Fsp3) is 0.0909. The van der Waals surface area contributed by atoms with Gasteiger partial charge in [-0.1, -0.05) is 12.1 Å². The van der Waals surface area contributed by atoms with Crippen LogP contribution >= 0.6 is 11.8 Å². The van der Waals surface area contributed by atoms with E-state index >= 15 is 0 Å². The number of hydrogen-bond donors (Lipinski definition) is 2. The summed E-state index contributed by atoms with van der Waals surface area (Å²) in [7, 11) is 1.57. The second-order valence-electron chi connectivity index (χ2n) is 5.91. The molecule has 0 saturated heterocycles. The van der Waals surface area contributed by atoms with Gasteiger partial charge in [0.05, 0.1) is 18.4 Å². The van der Waals surface area contributed by atoms with Gasteiger partial charge in [0, 0.05) is 16.1 Å². The van der Waals surface area contributed by atoms with Gasteiger partial charge in [-0.15, -0.1) is 11.8 Å². The average Bonchev–Trinajstić information content (AvgIpc) is 2.74. The molecule has 3 aromatic rings. The molecule has 142 valence electrons. The molecule has 5 nitrogen and oxygen atoms in total. The van der Waals surface area contributed by atoms with E-state index in [1.54, 1.807) is 67.4 Å². The highest BCUT2D eigenvalue weighted by Gasteiger charge is 2.14. The van der Waals surface area contributed by atoms with Crippen LogP contribution in [0.1, 0.15) is 20.7 Å². The lowest BCUT2D eigenvalue weighted by atomic mass is 10.1. The van der Waals surface area contributed by atoms with Crippen LogP contribution in [0.2, 0.25) is 0 Å². The molecule has 0 atom stereocenters. The van der Waals surface area contributed by atoms with Crippen molar-refractivity contribution in [1.82, 2.24) is 0 Å². The zero-order valence-corrected chi connectivity index (χ0v) is 16.4. The topological polar surface area (TPSA) is 67.4 Å². The van der Waals surface area contributed by atoms with Crippen LogP contribution in [0.15, 0.2) is 77.7 Å². The monoisotopic (exact) mass is 392 g/mol. The largest absolute Gasteiger partial charge is 0.497 e. The lowest BCUT2D eigenvalue weighted by Gasteiger charge is -2.12. The van der Waals surface area contributed by atoms with Crippen LogP contribution in [0, 0.1) is 0 Å². The van der Waals surface area contributed by atoms with Crippen molar-refractivity contribution >= 4 is 35.0 Å². The van der Waals surface area contributed by atoms with Crippen molar-refractivity contribution in [3.05, 3.63) is 83.9 Å². The molecule has 0 radical (unpaired) electrons. The number of anilines is 2. The van der Waals surface area contributed by atoms with Crippen LogP contribution in [-0.2, 0) is 0 Å². The molecule has 0 unspecified atom stereocenters. The van der Waals surface area contributed by atoms with Crippen LogP contribution in [0.3, 0.4) is 0 Å². The molecule has 3 aromatic carbocycles. The first-order valence-corrected chi connectivity index (χ1v) is 9.83. The van der Waals surface area contributed by atoms with Crippen molar-refractivity contribution in [3.63, 3.8) is 0 Å². The smallest absolute Gasteiger partial charge is 0.257 e. The van der Waals surface area contributed by atoms with Gasteiger partial charge in [-0.25, -0.2) is 0 Å². The van der Waals surface area contributed by atoms with Crippen molar-refractivity contribution in [2.75, 3.05) is 24.0 Å². The van der Waals surface area contributed by atoms with E-state index in [9.17, 15) is 9.59 Å². The van der Waals surface area contributed by atoms with Gasteiger partial charge in [-0.2, -0.15) is 0 Å². The first-order chi connectivity index (χ1) is 13.6. The number of carbonyl (C=O) groups excluding carboxylic acids is 2. The van der Waals surface area contributed by atoms with E-state index in [2.05, 4.69) is 10.6 Å². The second-order valence-corrected chi connectivity index (χ2v) is 6.79. The standard InChI is InChI=1S/C22H20N2O3S/c1-27-17-11-7-15(8-12-17)21(25)24-20-6-4-3-5-19(20)22(26)23-16-9-13-18(28-2)14-10-16/h3-14H,1-2H3,(H,23,26)(H,24,25). The van der Waals surface area contributed by atoms with Gasteiger partial charge >= 0.3 is 0 Å². The van der Waals surface area contributed by atoms with Gasteiger partial charge in [0.2, 0.25) is 0 Å². The number of nitrogens with one attached hydrogen (secondary N) is 2. The molecule has 0 aliphatic rings. The van der Waals surface area contributed by atoms with Crippen LogP contribution < -0.4 is 15.4 Å². The fourth-order valence-electron chi connectivity index (χ4n) is 2.60. The molecule has 0 aromatic heterocycles. The number of thioether (sulfide) groups is 1. The molecule has 0 heterocycles. The quantitative estimate of drug-likeness (QED) is 0.584. The SMILES string of the molecule is COc1ccc(C(=O)Nc2ccccc2C(=O)Nc2ccc(SC)cc2)cc1. The normalized spacial score (nSPS) is 10.2. The third-order valence-corrected chi connectivity index (χ3v) is 4.86. The summed E-state index contributed by atoms with van der Waals surface area (Å²) < 4.78 is 5.10. The van der Waals surface area contributed by atoms with Crippen molar-refractivity contribution in [2.45, 2.75) is 4.90 Å². The number of benzene rings is 3. The Labute approximate surface area is 168 Å². The Morgan fingerprint density at radius 3 is 2.14 bits per heavy atom. The summed E-state index contributed by atoms with van der Waals surface area (Å²) >= 11 is 1.63. The molecular formula is C22H20N2O3S. The van der Waals surface area contributed by atoms with E-state index in [4.69, 9.17) is 4.74 Å². The van der Waals surface area contributed by atoms with E-state index in [0.29, 0.717) is 28.3 Å². The Morgan fingerprint density at radius 2 is 1.50 bits per heavy atom. The molecule has 0 fully saturated rings. The average molecular weight is 392 g/mol. The van der Waals surface area contributed by atoms with Crippen molar-refractivity contribution < 1.29 is 14.3 Å². The molecule has 0 aliphatic carbocycles. The summed E-state index contributed by atoms with van der Waals surface area (Å²) in [5.41, 5.74) is 2.00. The van der Waals surface area contributed by atoms with Crippen molar-refractivity contribution in [1.29, 1.82) is 0 Å². The van der Waals surface area contributed by atoms with Gasteiger partial charge < -0.3 is 15.4 Å². The number of para-hydroxylation sites is 1. The number of methoxy groups -OCH3 is 1. The molecule has 2 amide bonds. The number of ether oxygens (including phenoxy) is 1. The lowest BCUT2D eigenvalue weighted by molar-refractivity contribution is 0.102. The zero-order valence-electron chi connectivity index (χ0n) is 15.6. The maximum absolute atomic E-state index is 12.7. The summed E-state index contributed by atoms with van der Waals surface area (Å²) in [4.78, 5) is 26.4. The van der Waals surface area contributed by atoms with Gasteiger partial charge in [0.15, 0.2) is 0 Å². The lowest BCUT2D eigenvalue weighted by Crippen LogP contribution is -2.18. The number of amides is 2. The summed E-state index contributed by atoms with van der Waals surface area (Å²) in [5, 5.41) is 5.67. The number of rotatable bonds is 6. The Bertz CT molecular complexity index is 970. The Morgan fingerprint density at radius 1 is 0.821 bits per heavy atom.